The fourth-order valence-electron chi connectivity index (χ4n) is 1.94. The molecule has 0 aliphatic carbocycles. The lowest BCUT2D eigenvalue weighted by molar-refractivity contribution is 0.0267. The van der Waals surface area contributed by atoms with Gasteiger partial charge in [-0.1, -0.05) is 0 Å². The molecule has 1 atom stereocenters. The van der Waals surface area contributed by atoms with Gasteiger partial charge in [0.05, 0.1) is 18.6 Å². The van der Waals surface area contributed by atoms with Crippen LogP contribution in [0.25, 0.3) is 0 Å². The predicted octanol–water partition coefficient (Wildman–Crippen LogP) is 0.144. The highest BCUT2D eigenvalue weighted by Gasteiger charge is 2.31. The van der Waals surface area contributed by atoms with Crippen LogP contribution in [0.4, 0.5) is 0 Å². The maximum atomic E-state index is 10.0. The molecule has 1 unspecified atom stereocenters. The van der Waals surface area contributed by atoms with Gasteiger partial charge in [0.2, 0.25) is 0 Å². The third kappa shape index (κ3) is 2.61. The van der Waals surface area contributed by atoms with E-state index in [-0.39, 0.29) is 0 Å². The normalized spacial score (nSPS) is 25.1. The quantitative estimate of drug-likeness (QED) is 0.748. The lowest BCUT2D eigenvalue weighted by Gasteiger charge is -2.20. The van der Waals surface area contributed by atoms with Gasteiger partial charge in [-0.2, -0.15) is 0 Å². The van der Waals surface area contributed by atoms with E-state index in [0.29, 0.717) is 26.2 Å². The van der Waals surface area contributed by atoms with Gasteiger partial charge in [-0.3, -0.25) is 0 Å². The number of hydrogen-bond donors (Lipinski definition) is 2. The highest BCUT2D eigenvalue weighted by Crippen LogP contribution is 2.17. The minimum absolute atomic E-state index is 0.438. The molecule has 1 aromatic rings. The van der Waals surface area contributed by atoms with Crippen molar-refractivity contribution in [2.45, 2.75) is 32.0 Å². The number of imidazole rings is 1. The number of hydrogen-bond acceptors (Lipinski definition) is 4. The van der Waals surface area contributed by atoms with Crippen molar-refractivity contribution in [3.05, 3.63) is 18.2 Å². The summed E-state index contributed by atoms with van der Waals surface area (Å²) in [6.07, 6.45) is 4.39. The Morgan fingerprint density at radius 3 is 3.25 bits per heavy atom. The minimum atomic E-state index is -0.683. The highest BCUT2D eigenvalue weighted by molar-refractivity contribution is 4.98. The Bertz CT molecular complexity index is 332. The molecule has 2 N–H and O–H groups in total. The third-order valence-electron chi connectivity index (χ3n) is 2.98. The average molecular weight is 225 g/mol. The summed E-state index contributed by atoms with van der Waals surface area (Å²) in [5.74, 6) is 0. The van der Waals surface area contributed by atoms with E-state index in [4.69, 9.17) is 4.74 Å². The molecular formula is C11H19N3O2. The van der Waals surface area contributed by atoms with E-state index in [1.54, 1.807) is 0 Å². The van der Waals surface area contributed by atoms with Gasteiger partial charge >= 0.3 is 0 Å². The molecule has 2 heterocycles. The van der Waals surface area contributed by atoms with Gasteiger partial charge in [0, 0.05) is 38.9 Å². The van der Waals surface area contributed by atoms with E-state index in [1.807, 2.05) is 12.5 Å². The van der Waals surface area contributed by atoms with Crippen LogP contribution >= 0.6 is 0 Å². The van der Waals surface area contributed by atoms with Crippen LogP contribution in [0.3, 0.4) is 0 Å². The van der Waals surface area contributed by atoms with Crippen LogP contribution in [0.15, 0.2) is 12.5 Å². The average Bonchev–Trinajstić information content (AvgIpc) is 2.88. The van der Waals surface area contributed by atoms with Crippen LogP contribution in [0.2, 0.25) is 0 Å². The zero-order valence-corrected chi connectivity index (χ0v) is 9.65. The summed E-state index contributed by atoms with van der Waals surface area (Å²) < 4.78 is 7.27. The van der Waals surface area contributed by atoms with Gasteiger partial charge in [-0.25, -0.2) is 4.98 Å². The number of aromatic nitrogens is 2. The van der Waals surface area contributed by atoms with Gasteiger partial charge in [0.15, 0.2) is 0 Å². The second kappa shape index (κ2) is 4.95. The van der Waals surface area contributed by atoms with E-state index < -0.39 is 5.60 Å². The molecule has 16 heavy (non-hydrogen) atoms. The summed E-state index contributed by atoms with van der Waals surface area (Å²) >= 11 is 0. The summed E-state index contributed by atoms with van der Waals surface area (Å²) in [6.45, 7) is 5.41. The van der Waals surface area contributed by atoms with E-state index in [1.165, 1.54) is 0 Å². The van der Waals surface area contributed by atoms with Gasteiger partial charge in [-0.15, -0.1) is 0 Å². The monoisotopic (exact) mass is 225 g/mol. The molecule has 0 amide bonds. The number of rotatable bonds is 5. The van der Waals surface area contributed by atoms with Crippen molar-refractivity contribution < 1.29 is 9.84 Å². The van der Waals surface area contributed by atoms with Crippen LogP contribution in [-0.2, 0) is 17.8 Å². The Balaban J connectivity index is 1.79. The second-order valence-electron chi connectivity index (χ2n) is 4.30. The number of nitrogens with one attached hydrogen (secondary N) is 1. The van der Waals surface area contributed by atoms with E-state index >= 15 is 0 Å². The van der Waals surface area contributed by atoms with Crippen molar-refractivity contribution in [1.82, 2.24) is 14.9 Å². The molecule has 1 saturated heterocycles. The molecule has 0 radical (unpaired) electrons. The first-order chi connectivity index (χ1) is 7.73. The molecule has 5 heteroatoms. The summed E-state index contributed by atoms with van der Waals surface area (Å²) in [5.41, 5.74) is 0.460. The van der Waals surface area contributed by atoms with Crippen LogP contribution in [0.5, 0.6) is 0 Å². The van der Waals surface area contributed by atoms with Gasteiger partial charge in [0.25, 0.3) is 0 Å². The Morgan fingerprint density at radius 2 is 2.56 bits per heavy atom. The molecule has 1 aliphatic heterocycles. The molecule has 5 nitrogen and oxygen atoms in total. The van der Waals surface area contributed by atoms with Crippen LogP contribution < -0.4 is 5.32 Å². The summed E-state index contributed by atoms with van der Waals surface area (Å²) in [4.78, 5) is 4.10. The molecule has 2 rings (SSSR count). The zero-order chi connectivity index (χ0) is 11.4. The fraction of sp³-hybridized carbons (Fsp3) is 0.727. The smallest absolute Gasteiger partial charge is 0.103 e. The predicted molar refractivity (Wildman–Crippen MR) is 60.0 cm³/mol. The summed E-state index contributed by atoms with van der Waals surface area (Å²) in [5, 5.41) is 13.3. The largest absolute Gasteiger partial charge is 0.386 e. The van der Waals surface area contributed by atoms with Crippen molar-refractivity contribution in [1.29, 1.82) is 0 Å². The Hall–Kier alpha value is -0.910. The van der Waals surface area contributed by atoms with E-state index in [0.717, 1.165) is 18.8 Å². The van der Waals surface area contributed by atoms with Gasteiger partial charge in [-0.05, 0) is 6.92 Å². The molecule has 1 aromatic heterocycles. The Kier molecular flexibility index (Phi) is 3.58. The number of aliphatic hydroxyl groups is 1. The maximum Gasteiger partial charge on any atom is 0.103 e. The first kappa shape index (κ1) is 11.6. The molecular weight excluding hydrogens is 206 g/mol. The summed E-state index contributed by atoms with van der Waals surface area (Å²) in [6, 6.07) is 0. The fourth-order valence-corrected chi connectivity index (χ4v) is 1.94. The summed E-state index contributed by atoms with van der Waals surface area (Å²) in [7, 11) is 0. The number of aryl methyl sites for hydroxylation is 1. The van der Waals surface area contributed by atoms with Crippen molar-refractivity contribution in [3.63, 3.8) is 0 Å². The standard InChI is InChI=1S/C11H19N3O2/c1-2-14-9-13-6-10(14)5-12-7-11(15)3-4-16-8-11/h6,9,12,15H,2-5,7-8H2,1H3. The molecule has 0 bridgehead atoms. The SMILES string of the molecule is CCn1cncc1CNCC1(O)CCOC1. The van der Waals surface area contributed by atoms with Crippen LogP contribution in [-0.4, -0.2) is 40.0 Å². The molecule has 0 saturated carbocycles. The van der Waals surface area contributed by atoms with Crippen LogP contribution in [0.1, 0.15) is 19.0 Å². The first-order valence-electron chi connectivity index (χ1n) is 5.73. The Morgan fingerprint density at radius 1 is 1.69 bits per heavy atom. The van der Waals surface area contributed by atoms with Crippen molar-refractivity contribution in [2.24, 2.45) is 0 Å². The van der Waals surface area contributed by atoms with E-state index in [2.05, 4.69) is 21.8 Å². The lowest BCUT2D eigenvalue weighted by atomic mass is 10.0. The van der Waals surface area contributed by atoms with Crippen molar-refractivity contribution in [2.75, 3.05) is 19.8 Å². The Labute approximate surface area is 95.4 Å². The number of nitrogens with zero attached hydrogens (tertiary/aromatic N) is 2. The topological polar surface area (TPSA) is 59.3 Å². The van der Waals surface area contributed by atoms with Gasteiger partial charge in [0.1, 0.15) is 5.60 Å². The lowest BCUT2D eigenvalue weighted by Crippen LogP contribution is -2.40. The minimum Gasteiger partial charge on any atom is -0.386 e. The number of ether oxygens (including phenoxy) is 1. The van der Waals surface area contributed by atoms with Crippen LogP contribution in [0, 0.1) is 0 Å². The molecule has 1 fully saturated rings. The van der Waals surface area contributed by atoms with Gasteiger partial charge < -0.3 is 19.7 Å². The molecule has 1 aliphatic rings. The molecule has 0 spiro atoms. The van der Waals surface area contributed by atoms with Crippen molar-refractivity contribution >= 4 is 0 Å². The maximum absolute atomic E-state index is 10.0. The van der Waals surface area contributed by atoms with E-state index in [9.17, 15) is 5.11 Å². The molecule has 0 aromatic carbocycles. The first-order valence-corrected chi connectivity index (χ1v) is 5.73. The van der Waals surface area contributed by atoms with Crippen molar-refractivity contribution in [3.8, 4) is 0 Å². The molecule has 90 valence electrons. The second-order valence-corrected chi connectivity index (χ2v) is 4.30. The zero-order valence-electron chi connectivity index (χ0n) is 9.65. The highest BCUT2D eigenvalue weighted by atomic mass is 16.5. The third-order valence-corrected chi connectivity index (χ3v) is 2.98.